The molecule has 4 rings (SSSR count). The average Bonchev–Trinajstić information content (AvgIpc) is 3.38. The first-order chi connectivity index (χ1) is 16.8. The molecule has 0 saturated heterocycles. The highest BCUT2D eigenvalue weighted by molar-refractivity contribution is 7.14. The van der Waals surface area contributed by atoms with E-state index in [0.717, 1.165) is 9.78 Å². The molecule has 0 bridgehead atoms. The third-order valence-electron chi connectivity index (χ3n) is 6.38. The molecule has 2 amide bonds. The molecule has 0 spiro atoms. The lowest BCUT2D eigenvalue weighted by Gasteiger charge is -2.47. The highest BCUT2D eigenvalue weighted by Gasteiger charge is 2.52. The molecule has 12 heteroatoms. The first kappa shape index (κ1) is 25.8. The van der Waals surface area contributed by atoms with Crippen molar-refractivity contribution in [3.8, 4) is 16.9 Å². The van der Waals surface area contributed by atoms with Gasteiger partial charge < -0.3 is 15.5 Å². The molecule has 0 aromatic carbocycles. The molecule has 1 fully saturated rings. The number of carbonyl (C=O) groups is 2. The molecular formula is C24H29F2N5O4S. The highest BCUT2D eigenvalue weighted by atomic mass is 32.1. The van der Waals surface area contributed by atoms with Crippen molar-refractivity contribution >= 4 is 29.0 Å². The highest BCUT2D eigenvalue weighted by Crippen LogP contribution is 2.39. The fraction of sp³-hybridized carbons (Fsp3) is 0.500. The number of carbonyl (C=O) groups excluding carboxylic acids is 1. The minimum absolute atomic E-state index is 0.0492. The van der Waals surface area contributed by atoms with Gasteiger partial charge in [-0.1, -0.05) is 6.92 Å². The molecule has 3 aromatic rings. The smallest absolute Gasteiger partial charge is 0.408 e. The van der Waals surface area contributed by atoms with Crippen LogP contribution in [-0.2, 0) is 6.42 Å². The maximum Gasteiger partial charge on any atom is 0.408 e. The SMILES string of the molecule is CCc1sc(C(=O)N[C@@H]2[C@H](N(C(=O)O)C(C)(C)C)CCCC2(F)F)cc1-c1cnn2cc(O)cnc12. The Kier molecular flexibility index (Phi) is 6.67. The van der Waals surface area contributed by atoms with Crippen LogP contribution in [0.4, 0.5) is 13.6 Å². The zero-order chi connectivity index (χ0) is 26.4. The number of aryl methyl sites for hydroxylation is 1. The van der Waals surface area contributed by atoms with Crippen molar-refractivity contribution in [1.82, 2.24) is 24.8 Å². The minimum atomic E-state index is -3.26. The Hall–Kier alpha value is -3.28. The van der Waals surface area contributed by atoms with Gasteiger partial charge in [-0.2, -0.15) is 5.10 Å². The number of aromatic nitrogens is 3. The Bertz CT molecular complexity index is 1300. The largest absolute Gasteiger partial charge is 0.505 e. The summed E-state index contributed by atoms with van der Waals surface area (Å²) in [5.74, 6) is -4.00. The summed E-state index contributed by atoms with van der Waals surface area (Å²) in [6, 6.07) is -1.11. The Labute approximate surface area is 210 Å². The molecule has 9 nitrogen and oxygen atoms in total. The Balaban J connectivity index is 1.68. The number of thiophene rings is 1. The molecule has 2 atom stereocenters. The molecule has 36 heavy (non-hydrogen) atoms. The molecule has 3 aromatic heterocycles. The Morgan fingerprint density at radius 2 is 2.03 bits per heavy atom. The summed E-state index contributed by atoms with van der Waals surface area (Å²) in [4.78, 5) is 31.7. The van der Waals surface area contributed by atoms with Gasteiger partial charge in [0.05, 0.1) is 29.5 Å². The van der Waals surface area contributed by atoms with Crippen molar-refractivity contribution in [1.29, 1.82) is 0 Å². The van der Waals surface area contributed by atoms with Crippen molar-refractivity contribution in [3.63, 3.8) is 0 Å². The number of halogens is 2. The first-order valence-corrected chi connectivity index (χ1v) is 12.5. The van der Waals surface area contributed by atoms with Crippen LogP contribution in [0.1, 0.15) is 61.5 Å². The van der Waals surface area contributed by atoms with Crippen molar-refractivity contribution in [2.45, 2.75) is 76.9 Å². The second-order valence-electron chi connectivity index (χ2n) is 9.93. The number of nitrogens with one attached hydrogen (secondary N) is 1. The number of alkyl halides is 2. The van der Waals surface area contributed by atoms with E-state index in [1.54, 1.807) is 33.0 Å². The van der Waals surface area contributed by atoms with Crippen LogP contribution in [0.5, 0.6) is 5.75 Å². The van der Waals surface area contributed by atoms with E-state index in [4.69, 9.17) is 0 Å². The normalized spacial score (nSPS) is 19.8. The maximum atomic E-state index is 15.1. The van der Waals surface area contributed by atoms with E-state index in [1.165, 1.54) is 28.2 Å². The van der Waals surface area contributed by atoms with E-state index in [-0.39, 0.29) is 23.5 Å². The van der Waals surface area contributed by atoms with Crippen LogP contribution in [0.25, 0.3) is 16.8 Å². The predicted octanol–water partition coefficient (Wildman–Crippen LogP) is 4.79. The van der Waals surface area contributed by atoms with Gasteiger partial charge in [0.25, 0.3) is 11.8 Å². The number of amides is 2. The van der Waals surface area contributed by atoms with Crippen molar-refractivity contribution in [2.24, 2.45) is 0 Å². The third-order valence-corrected chi connectivity index (χ3v) is 7.66. The summed E-state index contributed by atoms with van der Waals surface area (Å²) in [5, 5.41) is 26.2. The van der Waals surface area contributed by atoms with E-state index >= 15 is 8.78 Å². The van der Waals surface area contributed by atoms with E-state index in [9.17, 15) is 19.8 Å². The van der Waals surface area contributed by atoms with Gasteiger partial charge >= 0.3 is 6.09 Å². The summed E-state index contributed by atoms with van der Waals surface area (Å²) in [7, 11) is 0. The number of nitrogens with zero attached hydrogens (tertiary/aromatic N) is 4. The van der Waals surface area contributed by atoms with Gasteiger partial charge in [0, 0.05) is 28.0 Å². The van der Waals surface area contributed by atoms with E-state index in [0.29, 0.717) is 23.2 Å². The minimum Gasteiger partial charge on any atom is -0.505 e. The van der Waals surface area contributed by atoms with Gasteiger partial charge in [-0.25, -0.2) is 23.1 Å². The Morgan fingerprint density at radius 3 is 2.67 bits per heavy atom. The number of carboxylic acid groups (broad SMARTS) is 1. The molecule has 0 radical (unpaired) electrons. The summed E-state index contributed by atoms with van der Waals surface area (Å²) >= 11 is 1.19. The zero-order valence-electron chi connectivity index (χ0n) is 20.5. The van der Waals surface area contributed by atoms with Gasteiger partial charge in [0.1, 0.15) is 6.04 Å². The van der Waals surface area contributed by atoms with E-state index < -0.39 is 42.0 Å². The summed E-state index contributed by atoms with van der Waals surface area (Å²) < 4.78 is 31.7. The molecule has 0 unspecified atom stereocenters. The summed E-state index contributed by atoms with van der Waals surface area (Å²) in [5.41, 5.74) is 0.902. The van der Waals surface area contributed by atoms with Crippen LogP contribution < -0.4 is 5.32 Å². The number of rotatable bonds is 5. The maximum absolute atomic E-state index is 15.1. The van der Waals surface area contributed by atoms with Crippen LogP contribution in [-0.4, -0.2) is 65.3 Å². The van der Waals surface area contributed by atoms with Crippen LogP contribution in [0.3, 0.4) is 0 Å². The van der Waals surface area contributed by atoms with Gasteiger partial charge in [-0.3, -0.25) is 9.69 Å². The van der Waals surface area contributed by atoms with E-state index in [1.807, 2.05) is 6.92 Å². The predicted molar refractivity (Wildman–Crippen MR) is 131 cm³/mol. The topological polar surface area (TPSA) is 120 Å². The molecule has 3 N–H and O–H groups in total. The van der Waals surface area contributed by atoms with Gasteiger partial charge in [0.2, 0.25) is 0 Å². The third kappa shape index (κ3) is 4.73. The van der Waals surface area contributed by atoms with Gasteiger partial charge in [-0.15, -0.1) is 11.3 Å². The number of hydrogen-bond acceptors (Lipinski definition) is 6. The molecule has 3 heterocycles. The van der Waals surface area contributed by atoms with E-state index in [2.05, 4.69) is 15.4 Å². The summed E-state index contributed by atoms with van der Waals surface area (Å²) in [6.45, 7) is 6.86. The average molecular weight is 522 g/mol. The second-order valence-corrected chi connectivity index (χ2v) is 11.1. The van der Waals surface area contributed by atoms with Gasteiger partial charge in [0.15, 0.2) is 11.4 Å². The molecule has 1 aliphatic carbocycles. The van der Waals surface area contributed by atoms with Crippen LogP contribution in [0, 0.1) is 0 Å². The zero-order valence-corrected chi connectivity index (χ0v) is 21.3. The number of fused-ring (bicyclic) bond motifs is 1. The molecule has 1 saturated carbocycles. The van der Waals surface area contributed by atoms with Crippen molar-refractivity contribution in [3.05, 3.63) is 34.4 Å². The second kappa shape index (κ2) is 9.30. The van der Waals surface area contributed by atoms with Crippen molar-refractivity contribution < 1.29 is 28.6 Å². The monoisotopic (exact) mass is 521 g/mol. The summed E-state index contributed by atoms with van der Waals surface area (Å²) in [6.07, 6.45) is 3.51. The molecule has 0 aliphatic heterocycles. The van der Waals surface area contributed by atoms with Crippen LogP contribution in [0.15, 0.2) is 24.7 Å². The lowest BCUT2D eigenvalue weighted by molar-refractivity contribution is -0.0973. The first-order valence-electron chi connectivity index (χ1n) is 11.7. The standard InChI is InChI=1S/C24H29F2N5O4S/c1-5-17-14(15-11-28-30-12-13(32)10-27-20(15)30)9-18(36-17)21(33)29-19-16(7-6-8-24(19,25)26)31(22(34)35)23(2,3)4/h9-12,16,19,32H,5-8H2,1-4H3,(H,29,33)(H,34,35)/t16-,19-/m1/s1. The van der Waals surface area contributed by atoms with Gasteiger partial charge in [-0.05, 0) is 46.1 Å². The molecule has 194 valence electrons. The fourth-order valence-corrected chi connectivity index (χ4v) is 5.87. The van der Waals surface area contributed by atoms with Crippen LogP contribution in [0.2, 0.25) is 0 Å². The lowest BCUT2D eigenvalue weighted by Crippen LogP contribution is -2.66. The fourth-order valence-electron chi connectivity index (χ4n) is 4.86. The van der Waals surface area contributed by atoms with Crippen LogP contribution >= 0.6 is 11.3 Å². The quantitative estimate of drug-likeness (QED) is 0.444. The lowest BCUT2D eigenvalue weighted by atomic mass is 9.84. The Morgan fingerprint density at radius 1 is 1.31 bits per heavy atom. The number of aromatic hydroxyl groups is 1. The van der Waals surface area contributed by atoms with Crippen molar-refractivity contribution in [2.75, 3.05) is 0 Å². The molecular weight excluding hydrogens is 492 g/mol. The molecule has 1 aliphatic rings. The number of hydrogen-bond donors (Lipinski definition) is 3.